The van der Waals surface area contributed by atoms with Gasteiger partial charge in [0.05, 0.1) is 81.5 Å². The third kappa shape index (κ3) is 11.3. The average Bonchev–Trinajstić information content (AvgIpc) is 1.42. The van der Waals surface area contributed by atoms with Crippen molar-refractivity contribution in [1.29, 1.82) is 0 Å². The Labute approximate surface area is 705 Å². The lowest BCUT2D eigenvalue weighted by molar-refractivity contribution is -0.165. The van der Waals surface area contributed by atoms with Gasteiger partial charge in [-0.1, -0.05) is 263 Å². The van der Waals surface area contributed by atoms with Crippen molar-refractivity contribution in [1.82, 2.24) is 39.9 Å². The standard InChI is InChI=1S/C107H112N8O5/c1-98(2,3)56-37-52(38-57(45-56)99(4,5)6)80-70-31-32-71(108-70)81(53-39-58(100(7,8)9)46-59(40-53)101(10,11)12)73-34-36-75(110-73)83(55-43-62(104(19,20)21)48-63(44-55)105(22,23)24)93-95-94(92(115-93)82(74-35-33-72(80)109-74)54-41-60(102(13,14)15)47-61(42-54)103(16,17)18)113-78-50-76-77(51-79(78)114-95)112-91-67-30-28-65-84-64(27-29-66(87(67)84)90(91)111-76)85-68-49-69(86(65)85)89-88(68)106(96(116)118-25)107(89,120-106)97(117)119-26/h27-48,50-51,68-69,85-86,88-89,108,115H,49H2,1-26H3. The second-order valence-corrected chi connectivity index (χ2v) is 44.3. The van der Waals surface area contributed by atoms with Gasteiger partial charge in [0.25, 0.3) is 0 Å². The third-order valence-electron chi connectivity index (χ3n) is 28.4. The smallest absolute Gasteiger partial charge is 0.342 e. The molecule has 0 amide bonds. The second kappa shape index (κ2) is 25.0. The van der Waals surface area contributed by atoms with Crippen LogP contribution in [0.4, 0.5) is 0 Å². The van der Waals surface area contributed by atoms with E-state index < -0.39 is 23.1 Å². The number of ether oxygens (including phenoxy) is 3. The molecule has 610 valence electrons. The summed E-state index contributed by atoms with van der Waals surface area (Å²) in [4.78, 5) is 72.1. The maximum atomic E-state index is 13.9. The average molecular weight is 1590 g/mol. The third-order valence-corrected chi connectivity index (χ3v) is 28.4. The number of aromatic amines is 2. The maximum Gasteiger partial charge on any atom is 0.342 e. The summed E-state index contributed by atoms with van der Waals surface area (Å²) < 4.78 is 17.3. The van der Waals surface area contributed by atoms with Crippen LogP contribution in [0.3, 0.4) is 0 Å². The largest absolute Gasteiger partial charge is 0.467 e. The van der Waals surface area contributed by atoms with Crippen LogP contribution in [0.5, 0.6) is 0 Å². The van der Waals surface area contributed by atoms with Gasteiger partial charge < -0.3 is 24.2 Å². The Morgan fingerprint density at radius 1 is 0.350 bits per heavy atom. The van der Waals surface area contributed by atoms with Crippen molar-refractivity contribution in [2.24, 2.45) is 23.7 Å². The van der Waals surface area contributed by atoms with E-state index in [0.717, 1.165) is 124 Å². The van der Waals surface area contributed by atoms with Crippen LogP contribution in [0.2, 0.25) is 0 Å². The zero-order valence-corrected chi connectivity index (χ0v) is 74.8. The summed E-state index contributed by atoms with van der Waals surface area (Å²) >= 11 is 0. The van der Waals surface area contributed by atoms with Gasteiger partial charge in [-0.25, -0.2) is 39.5 Å². The van der Waals surface area contributed by atoms with E-state index in [1.807, 2.05) is 0 Å². The lowest BCUT2D eigenvalue weighted by Crippen LogP contribution is -2.66. The maximum absolute atomic E-state index is 13.9. The minimum absolute atomic E-state index is 0.119. The lowest BCUT2D eigenvalue weighted by Gasteiger charge is -2.49. The van der Waals surface area contributed by atoms with Crippen LogP contribution in [0.25, 0.3) is 157 Å². The van der Waals surface area contributed by atoms with Crippen LogP contribution in [-0.2, 0) is 67.1 Å². The number of aromatic nitrogens is 8. The normalized spacial score (nSPS) is 21.4. The Balaban J connectivity index is 0.918. The molecular weight excluding hydrogens is 1480 g/mol. The molecule has 4 fully saturated rings. The topological polar surface area (TPSA) is 174 Å². The van der Waals surface area contributed by atoms with Crippen LogP contribution in [0.15, 0.2) is 121 Å². The number of carbonyl (C=O) groups is 2. The van der Waals surface area contributed by atoms with E-state index in [9.17, 15) is 9.59 Å². The molecule has 10 bridgehead atoms. The molecule has 1 saturated heterocycles. The molecule has 12 aromatic rings. The fourth-order valence-corrected chi connectivity index (χ4v) is 21.8. The number of epoxide rings is 1. The minimum Gasteiger partial charge on any atom is -0.467 e. The highest BCUT2D eigenvalue weighted by atomic mass is 16.7. The summed E-state index contributed by atoms with van der Waals surface area (Å²) in [5.41, 5.74) is 30.3. The van der Waals surface area contributed by atoms with E-state index in [4.69, 9.17) is 44.1 Å². The van der Waals surface area contributed by atoms with Gasteiger partial charge in [-0.05, 0) is 205 Å². The molecule has 5 aliphatic carbocycles. The molecule has 5 aromatic heterocycles. The number of fused-ring (bicyclic) bond motifs is 29. The molecule has 3 aliphatic heterocycles. The first kappa shape index (κ1) is 77.8. The first-order valence-corrected chi connectivity index (χ1v) is 43.3. The van der Waals surface area contributed by atoms with Crippen molar-refractivity contribution < 1.29 is 23.8 Å². The quantitative estimate of drug-likeness (QED) is 0.0702. The van der Waals surface area contributed by atoms with Gasteiger partial charge in [0.2, 0.25) is 11.2 Å². The van der Waals surface area contributed by atoms with Crippen molar-refractivity contribution in [2.75, 3.05) is 14.2 Å². The van der Waals surface area contributed by atoms with Crippen LogP contribution >= 0.6 is 0 Å². The predicted octanol–water partition coefficient (Wildman–Crippen LogP) is 25.5. The Morgan fingerprint density at radius 3 is 0.942 bits per heavy atom. The summed E-state index contributed by atoms with van der Waals surface area (Å²) in [6.45, 7) is 55.5. The molecule has 7 aromatic carbocycles. The number of nitrogens with one attached hydrogen (secondary N) is 2. The predicted molar refractivity (Wildman–Crippen MR) is 490 cm³/mol. The number of nitrogens with zero attached hydrogens (tertiary/aromatic N) is 6. The summed E-state index contributed by atoms with van der Waals surface area (Å²) in [6.07, 6.45) is 9.86. The molecule has 13 nitrogen and oxygen atoms in total. The van der Waals surface area contributed by atoms with Crippen molar-refractivity contribution in [2.45, 2.75) is 239 Å². The molecule has 8 aliphatic rings. The summed E-state index contributed by atoms with van der Waals surface area (Å²) in [6, 6.07) is 46.7. The summed E-state index contributed by atoms with van der Waals surface area (Å²) in [5, 5.41) is 2.40. The SMILES string of the molecule is COC(=O)C12OC1(C(=O)OC)C1C3CC(C4c5ccc6c7c(ccc(c57)C34)-c3nc4cc5nc7c8[nH]c(c(-c9cc(C(C)(C)C)cc(C(C)(C)C)c9)c9nc(c(-c%10cc(C(C)(C)C)cc(C(C)(C)C)c%10)c%10ccc([nH]%10)c(-c%10cc(C(C)(C)C)cc(C(C)(C)C)c%10)c%10nc(c8-c8cc(C(C)(C)C)cc(C(C)(C)C)c8)C=C%10)C=C9)c7nc5cc4nc3-6)C12. The Bertz CT molecular complexity index is 6360. The van der Waals surface area contributed by atoms with Crippen molar-refractivity contribution >= 4 is 102 Å². The summed E-state index contributed by atoms with van der Waals surface area (Å²) in [7, 11) is 2.78. The fourth-order valence-electron chi connectivity index (χ4n) is 21.8. The molecular formula is C107H112N8O5. The number of methoxy groups -OCH3 is 2. The van der Waals surface area contributed by atoms with Gasteiger partial charge in [0.15, 0.2) is 0 Å². The van der Waals surface area contributed by atoms with E-state index >= 15 is 0 Å². The van der Waals surface area contributed by atoms with Gasteiger partial charge in [0, 0.05) is 61.6 Å². The first-order valence-electron chi connectivity index (χ1n) is 43.3. The molecule has 8 heterocycles. The van der Waals surface area contributed by atoms with Gasteiger partial charge in [-0.15, -0.1) is 0 Å². The highest BCUT2D eigenvalue weighted by Crippen LogP contribution is 2.86. The van der Waals surface area contributed by atoms with Gasteiger partial charge in [-0.3, -0.25) is 0 Å². The van der Waals surface area contributed by atoms with Crippen LogP contribution in [0.1, 0.15) is 263 Å². The minimum atomic E-state index is -1.32. The van der Waals surface area contributed by atoms with E-state index in [1.165, 1.54) is 75.2 Å². The zero-order chi connectivity index (χ0) is 85.0. The van der Waals surface area contributed by atoms with Gasteiger partial charge in [-0.2, -0.15) is 0 Å². The molecule has 0 radical (unpaired) electrons. The molecule has 2 N–H and O–H groups in total. The van der Waals surface area contributed by atoms with Gasteiger partial charge in [0.1, 0.15) is 11.0 Å². The number of hydrogen-bond acceptors (Lipinski definition) is 11. The Morgan fingerprint density at radius 2 is 0.642 bits per heavy atom. The Hall–Kier alpha value is -10.8. The fraction of sp³-hybridized carbons (Fsp3) is 0.402. The van der Waals surface area contributed by atoms with Gasteiger partial charge >= 0.3 is 11.9 Å². The number of rotatable bonds is 6. The van der Waals surface area contributed by atoms with Crippen molar-refractivity contribution in [3.05, 3.63) is 200 Å². The van der Waals surface area contributed by atoms with Crippen LogP contribution < -0.4 is 0 Å². The number of H-pyrrole nitrogens is 2. The lowest BCUT2D eigenvalue weighted by atomic mass is 9.48. The Kier molecular flexibility index (Phi) is 16.2. The number of esters is 2. The molecule has 3 saturated carbocycles. The number of benzene rings is 7. The van der Waals surface area contributed by atoms with Crippen molar-refractivity contribution in [3.63, 3.8) is 0 Å². The van der Waals surface area contributed by atoms with E-state index in [1.54, 1.807) is 0 Å². The van der Waals surface area contributed by atoms with Crippen LogP contribution in [-0.4, -0.2) is 77.2 Å². The molecule has 20 rings (SSSR count). The first-order chi connectivity index (χ1) is 56.2. The highest BCUT2D eigenvalue weighted by molar-refractivity contribution is 6.19. The molecule has 8 atom stereocenters. The van der Waals surface area contributed by atoms with E-state index in [2.05, 4.69) is 322 Å². The van der Waals surface area contributed by atoms with E-state index in [0.29, 0.717) is 33.1 Å². The van der Waals surface area contributed by atoms with E-state index in [-0.39, 0.29) is 78.8 Å². The molecule has 8 unspecified atom stereocenters. The molecule has 0 spiro atoms. The highest BCUT2D eigenvalue weighted by Gasteiger charge is 3.00. The molecule has 13 heteroatoms. The number of hydrogen-bond donors (Lipinski definition) is 2. The van der Waals surface area contributed by atoms with Crippen LogP contribution in [0, 0.1) is 23.7 Å². The molecule has 120 heavy (non-hydrogen) atoms. The second-order valence-electron chi connectivity index (χ2n) is 44.3. The van der Waals surface area contributed by atoms with Crippen molar-refractivity contribution in [3.8, 4) is 67.0 Å². The zero-order valence-electron chi connectivity index (χ0n) is 74.8. The summed E-state index contributed by atoms with van der Waals surface area (Å²) in [5.74, 6) is -0.717. The monoisotopic (exact) mass is 1590 g/mol. The number of carbonyl (C=O) groups excluding carboxylic acids is 2.